The fourth-order valence-electron chi connectivity index (χ4n) is 7.02. The highest BCUT2D eigenvalue weighted by Crippen LogP contribution is 2.47. The highest BCUT2D eigenvalue weighted by atomic mass is 35.5. The Labute approximate surface area is 258 Å². The number of pyridine rings is 1. The van der Waals surface area contributed by atoms with Crippen LogP contribution in [-0.2, 0) is 4.79 Å². The summed E-state index contributed by atoms with van der Waals surface area (Å²) in [6.07, 6.45) is -2.45. The molecular weight excluding hydrogens is 602 g/mol. The summed E-state index contributed by atoms with van der Waals surface area (Å²) in [6, 6.07) is 5.33. The van der Waals surface area contributed by atoms with Crippen molar-refractivity contribution in [2.45, 2.75) is 50.5 Å². The van der Waals surface area contributed by atoms with E-state index in [2.05, 4.69) is 6.58 Å². The van der Waals surface area contributed by atoms with Gasteiger partial charge in [0.2, 0.25) is 5.91 Å². The van der Waals surface area contributed by atoms with Gasteiger partial charge in [0, 0.05) is 49.9 Å². The van der Waals surface area contributed by atoms with E-state index in [1.54, 1.807) is 28.0 Å². The molecule has 1 aromatic carbocycles. The molecule has 1 aromatic heterocycles. The van der Waals surface area contributed by atoms with Gasteiger partial charge in [-0.05, 0) is 51.4 Å². The average molecular weight is 636 g/mol. The lowest BCUT2D eigenvalue weighted by Gasteiger charge is -2.40. The molecule has 44 heavy (non-hydrogen) atoms. The maximum Gasteiger partial charge on any atom is 0.393 e. The van der Waals surface area contributed by atoms with Crippen molar-refractivity contribution in [1.29, 1.82) is 0 Å². The van der Waals surface area contributed by atoms with Crippen LogP contribution in [0.25, 0.3) is 11.3 Å². The molecule has 6 rings (SSSR count). The predicted octanol–water partition coefficient (Wildman–Crippen LogP) is 5.01. The third-order valence-electron chi connectivity index (χ3n) is 9.38. The lowest BCUT2D eigenvalue weighted by molar-refractivity contribution is -0.170. The van der Waals surface area contributed by atoms with Gasteiger partial charge in [-0.3, -0.25) is 14.5 Å². The molecule has 2 aromatic rings. The molecule has 0 bridgehead atoms. The van der Waals surface area contributed by atoms with Gasteiger partial charge in [-0.25, -0.2) is 9.37 Å². The zero-order valence-electron chi connectivity index (χ0n) is 24.5. The number of benzene rings is 1. The molecule has 4 aliphatic rings. The van der Waals surface area contributed by atoms with Gasteiger partial charge in [-0.2, -0.15) is 13.2 Å². The smallest absolute Gasteiger partial charge is 0.393 e. The van der Waals surface area contributed by atoms with Crippen LogP contribution in [0.5, 0.6) is 5.75 Å². The van der Waals surface area contributed by atoms with E-state index in [4.69, 9.17) is 21.3 Å². The van der Waals surface area contributed by atoms with E-state index >= 15 is 4.39 Å². The molecule has 8 nitrogen and oxygen atoms in total. The molecule has 0 spiro atoms. The Bertz CT molecular complexity index is 1500. The number of carbonyl (C=O) groups is 2. The van der Waals surface area contributed by atoms with Crippen molar-refractivity contribution in [3.8, 4) is 17.0 Å². The Morgan fingerprint density at radius 2 is 1.89 bits per heavy atom. The summed E-state index contributed by atoms with van der Waals surface area (Å²) in [5.74, 6) is -2.24. The van der Waals surface area contributed by atoms with Crippen molar-refractivity contribution in [2.24, 2.45) is 5.92 Å². The average Bonchev–Trinajstić information content (AvgIpc) is 3.57. The number of rotatable bonds is 4. The molecule has 3 fully saturated rings. The third kappa shape index (κ3) is 5.29. The molecule has 4 aliphatic heterocycles. The minimum absolute atomic E-state index is 0.0119. The summed E-state index contributed by atoms with van der Waals surface area (Å²) >= 11 is 6.87. The number of halogens is 5. The second kappa shape index (κ2) is 11.2. The molecule has 5 heterocycles. The van der Waals surface area contributed by atoms with E-state index in [-0.39, 0.29) is 83.9 Å². The minimum Gasteiger partial charge on any atom is -0.489 e. The van der Waals surface area contributed by atoms with Crippen molar-refractivity contribution in [1.82, 2.24) is 19.7 Å². The topological polar surface area (TPSA) is 69.2 Å². The summed E-state index contributed by atoms with van der Waals surface area (Å²) in [4.78, 5) is 38.6. The normalized spacial score (nSPS) is 25.4. The van der Waals surface area contributed by atoms with Gasteiger partial charge in [-0.15, -0.1) is 0 Å². The molecule has 0 radical (unpaired) electrons. The first-order chi connectivity index (χ1) is 20.8. The Morgan fingerprint density at radius 1 is 1.14 bits per heavy atom. The van der Waals surface area contributed by atoms with Gasteiger partial charge >= 0.3 is 6.18 Å². The molecule has 3 saturated heterocycles. The summed E-state index contributed by atoms with van der Waals surface area (Å²) < 4.78 is 61.9. The van der Waals surface area contributed by atoms with Crippen LogP contribution in [0.15, 0.2) is 36.9 Å². The van der Waals surface area contributed by atoms with E-state index in [0.717, 1.165) is 0 Å². The van der Waals surface area contributed by atoms with Crippen molar-refractivity contribution >= 4 is 29.2 Å². The number of fused-ring (bicyclic) bond motifs is 2. The third-order valence-corrected chi connectivity index (χ3v) is 9.73. The molecule has 2 amide bonds. The molecule has 13 heteroatoms. The SMILES string of the molecule is C=CC(=O)N1CCN2C(=O)c3c(N4CC(N5CCC(C(F)(F)F)C5)CC4(C)C)nc(-c4ccccc4F)c(Cl)c3OC[C@H]2C1. The number of anilines is 1. The van der Waals surface area contributed by atoms with E-state index in [1.165, 1.54) is 12.1 Å². The number of likely N-dealkylation sites (tertiary alicyclic amines) is 1. The van der Waals surface area contributed by atoms with Crippen LogP contribution in [0.1, 0.15) is 37.0 Å². The highest BCUT2D eigenvalue weighted by Gasteiger charge is 2.50. The van der Waals surface area contributed by atoms with Crippen LogP contribution >= 0.6 is 11.6 Å². The molecule has 3 atom stereocenters. The number of hydrogen-bond donors (Lipinski definition) is 0. The highest BCUT2D eigenvalue weighted by molar-refractivity contribution is 6.35. The Morgan fingerprint density at radius 3 is 2.57 bits per heavy atom. The predicted molar refractivity (Wildman–Crippen MR) is 157 cm³/mol. The Balaban J connectivity index is 1.43. The number of carbonyl (C=O) groups excluding carboxylic acids is 2. The lowest BCUT2D eigenvalue weighted by atomic mass is 9.98. The maximum atomic E-state index is 15.1. The number of amides is 2. The summed E-state index contributed by atoms with van der Waals surface area (Å²) in [7, 11) is 0. The van der Waals surface area contributed by atoms with E-state index in [1.807, 2.05) is 23.6 Å². The maximum absolute atomic E-state index is 15.1. The van der Waals surface area contributed by atoms with Gasteiger partial charge < -0.3 is 19.4 Å². The quantitative estimate of drug-likeness (QED) is 0.348. The van der Waals surface area contributed by atoms with Gasteiger partial charge in [0.05, 0.1) is 17.7 Å². The van der Waals surface area contributed by atoms with Crippen LogP contribution in [0.4, 0.5) is 23.4 Å². The van der Waals surface area contributed by atoms with Gasteiger partial charge in [0.25, 0.3) is 5.91 Å². The molecule has 0 saturated carbocycles. The largest absolute Gasteiger partial charge is 0.489 e. The van der Waals surface area contributed by atoms with Gasteiger partial charge in [-0.1, -0.05) is 30.3 Å². The van der Waals surface area contributed by atoms with Crippen LogP contribution in [0.2, 0.25) is 5.02 Å². The second-order valence-electron chi connectivity index (χ2n) is 12.5. The zero-order valence-corrected chi connectivity index (χ0v) is 25.3. The van der Waals surface area contributed by atoms with Gasteiger partial charge in [0.15, 0.2) is 5.75 Å². The van der Waals surface area contributed by atoms with Crippen molar-refractivity contribution in [2.75, 3.05) is 50.8 Å². The fraction of sp³-hybridized carbons (Fsp3) is 0.516. The van der Waals surface area contributed by atoms with Crippen LogP contribution in [0.3, 0.4) is 0 Å². The summed E-state index contributed by atoms with van der Waals surface area (Å²) in [6.45, 7) is 8.86. The monoisotopic (exact) mass is 635 g/mol. The van der Waals surface area contributed by atoms with E-state index in [9.17, 15) is 22.8 Å². The van der Waals surface area contributed by atoms with Crippen LogP contribution < -0.4 is 9.64 Å². The van der Waals surface area contributed by atoms with Crippen LogP contribution in [-0.4, -0.2) is 101 Å². The number of ether oxygens (including phenoxy) is 1. The van der Waals surface area contributed by atoms with E-state index in [0.29, 0.717) is 26.1 Å². The van der Waals surface area contributed by atoms with Crippen molar-refractivity contribution in [3.63, 3.8) is 0 Å². The van der Waals surface area contributed by atoms with Crippen LogP contribution in [0, 0.1) is 11.7 Å². The molecular formula is C31H34ClF4N5O3. The minimum atomic E-state index is -4.26. The molecule has 0 N–H and O–H groups in total. The first kappa shape index (κ1) is 30.6. The number of nitrogens with zero attached hydrogens (tertiary/aromatic N) is 5. The molecule has 0 aliphatic carbocycles. The number of hydrogen-bond acceptors (Lipinski definition) is 6. The first-order valence-electron chi connectivity index (χ1n) is 14.7. The zero-order chi connectivity index (χ0) is 31.6. The number of piperazine rings is 1. The van der Waals surface area contributed by atoms with Gasteiger partial charge in [0.1, 0.15) is 28.8 Å². The molecule has 236 valence electrons. The van der Waals surface area contributed by atoms with Crippen molar-refractivity contribution in [3.05, 3.63) is 53.3 Å². The molecule has 2 unspecified atom stereocenters. The standard InChI is InChI=1S/C31H34ClF4N5O3/c1-4-23(42)39-11-12-40-20(15-39)17-44-27-24(29(40)43)28(37-26(25(27)32)21-7-5-6-8-22(21)33)41-16-19(13-30(41,2)3)38-10-9-18(14-38)31(34,35)36/h4-8,18-20H,1,9-17H2,2-3H3/t18?,19?,20-/m1/s1. The summed E-state index contributed by atoms with van der Waals surface area (Å²) in [5.41, 5.74) is -0.261. The number of alkyl halides is 3. The first-order valence-corrected chi connectivity index (χ1v) is 15.1. The Hall–Kier alpha value is -3.38. The number of aromatic nitrogens is 1. The van der Waals surface area contributed by atoms with E-state index < -0.39 is 29.5 Å². The Kier molecular flexibility index (Phi) is 7.80. The lowest BCUT2D eigenvalue weighted by Crippen LogP contribution is -2.57. The fourth-order valence-corrected chi connectivity index (χ4v) is 7.31. The van der Waals surface area contributed by atoms with Crippen molar-refractivity contribution < 1.29 is 31.9 Å². The summed E-state index contributed by atoms with van der Waals surface area (Å²) in [5, 5.41) is -0.0119. The second-order valence-corrected chi connectivity index (χ2v) is 12.9.